The highest BCUT2D eigenvalue weighted by atomic mass is 32.2. The van der Waals surface area contributed by atoms with Gasteiger partial charge in [-0.15, -0.1) is 6.58 Å². The van der Waals surface area contributed by atoms with Gasteiger partial charge in [0.25, 0.3) is 5.91 Å². The van der Waals surface area contributed by atoms with E-state index in [4.69, 9.17) is 0 Å². The Morgan fingerprint density at radius 3 is 2.18 bits per heavy atom. The molecule has 3 aliphatic carbocycles. The van der Waals surface area contributed by atoms with Crippen LogP contribution in [0.15, 0.2) is 12.7 Å². The standard InChI is InChI=1S/C38H63N5O7S/c1-8-10-19-27(31(44)33(46)39-22-9-2)40-32(45)30-28-26(37(28,6)7)23-43(30)34(47)29(25-17-13-11-14-18-25)41-35(48)42-38(20-15-12-16-21-38)24-51(49,50)36(3,4)5/h9,25-30H,2,8,10-24H2,1,3-7H3,(H,39,46)(H,40,45)(H2,41,42,48)/t26-,27?,28-,29-,30-/m0/s1. The van der Waals surface area contributed by atoms with Gasteiger partial charge in [0.1, 0.15) is 12.1 Å². The van der Waals surface area contributed by atoms with Crippen molar-refractivity contribution in [2.45, 2.75) is 153 Å². The van der Waals surface area contributed by atoms with Crippen LogP contribution in [0.25, 0.3) is 0 Å². The molecule has 0 radical (unpaired) electrons. The van der Waals surface area contributed by atoms with Crippen molar-refractivity contribution < 1.29 is 32.4 Å². The Morgan fingerprint density at radius 1 is 0.961 bits per heavy atom. The van der Waals surface area contributed by atoms with Crippen LogP contribution in [0, 0.1) is 23.2 Å². The van der Waals surface area contributed by atoms with E-state index in [0.29, 0.717) is 32.2 Å². The van der Waals surface area contributed by atoms with Crippen molar-refractivity contribution in [3.05, 3.63) is 12.7 Å². The molecule has 1 saturated heterocycles. The van der Waals surface area contributed by atoms with Crippen molar-refractivity contribution in [1.29, 1.82) is 0 Å². The topological polar surface area (TPSA) is 171 Å². The number of nitrogens with one attached hydrogen (secondary N) is 4. The molecular formula is C38H63N5O7S. The molecule has 5 amide bonds. The number of unbranched alkanes of at least 4 members (excludes halogenated alkanes) is 1. The van der Waals surface area contributed by atoms with Gasteiger partial charge in [0.2, 0.25) is 17.6 Å². The van der Waals surface area contributed by atoms with Crippen LogP contribution in [0.3, 0.4) is 0 Å². The number of amides is 5. The Balaban J connectivity index is 1.58. The molecule has 4 rings (SSSR count). The van der Waals surface area contributed by atoms with Crippen LogP contribution >= 0.6 is 0 Å². The third-order valence-electron chi connectivity index (χ3n) is 12.1. The number of hydrogen-bond donors (Lipinski definition) is 4. The number of urea groups is 1. The second-order valence-electron chi connectivity index (χ2n) is 17.1. The summed E-state index contributed by atoms with van der Waals surface area (Å²) in [4.78, 5) is 70.2. The molecule has 0 aromatic rings. The number of piperidine rings is 1. The summed E-state index contributed by atoms with van der Waals surface area (Å²) in [5.41, 5.74) is -1.13. The average Bonchev–Trinajstić information content (AvgIpc) is 3.38. The van der Waals surface area contributed by atoms with Crippen LogP contribution < -0.4 is 21.3 Å². The molecule has 5 atom stereocenters. The molecule has 0 spiro atoms. The minimum atomic E-state index is -3.56. The lowest BCUT2D eigenvalue weighted by atomic mass is 9.82. The second-order valence-corrected chi connectivity index (χ2v) is 19.9. The molecule has 1 aliphatic heterocycles. The van der Waals surface area contributed by atoms with E-state index in [0.717, 1.165) is 57.8 Å². The van der Waals surface area contributed by atoms with Gasteiger partial charge in [-0.05, 0) is 76.0 Å². The first kappa shape index (κ1) is 40.8. The van der Waals surface area contributed by atoms with Crippen LogP contribution in [0.4, 0.5) is 4.79 Å². The van der Waals surface area contributed by atoms with Crippen LogP contribution in [-0.2, 0) is 29.0 Å². The lowest BCUT2D eigenvalue weighted by Crippen LogP contribution is -2.63. The number of carbonyl (C=O) groups is 5. The third-order valence-corrected chi connectivity index (χ3v) is 14.9. The number of sulfone groups is 1. The lowest BCUT2D eigenvalue weighted by Gasteiger charge is -2.41. The number of Topliss-reactive ketones (excluding diaryl/α,β-unsaturated/α-hetero) is 1. The number of nitrogens with zero attached hydrogens (tertiary/aromatic N) is 1. The van der Waals surface area contributed by atoms with Gasteiger partial charge in [0, 0.05) is 13.1 Å². The molecule has 0 aromatic heterocycles. The first-order valence-corrected chi connectivity index (χ1v) is 20.9. The molecule has 3 saturated carbocycles. The van der Waals surface area contributed by atoms with Crippen LogP contribution in [0.1, 0.15) is 125 Å². The molecule has 4 fully saturated rings. The first-order chi connectivity index (χ1) is 23.9. The first-order valence-electron chi connectivity index (χ1n) is 19.2. The fourth-order valence-electron chi connectivity index (χ4n) is 8.72. The largest absolute Gasteiger partial charge is 0.346 e. The summed E-state index contributed by atoms with van der Waals surface area (Å²) in [5.74, 6) is -2.69. The van der Waals surface area contributed by atoms with Gasteiger partial charge in [-0.25, -0.2) is 13.2 Å². The highest BCUT2D eigenvalue weighted by molar-refractivity contribution is 7.92. The smallest absolute Gasteiger partial charge is 0.315 e. The maximum Gasteiger partial charge on any atom is 0.315 e. The van der Waals surface area contributed by atoms with E-state index in [-0.39, 0.29) is 41.4 Å². The summed E-state index contributed by atoms with van der Waals surface area (Å²) in [5, 5.41) is 11.4. The normalized spacial score (nSPS) is 25.5. The Morgan fingerprint density at radius 2 is 1.59 bits per heavy atom. The Bertz CT molecular complexity index is 1430. The van der Waals surface area contributed by atoms with Gasteiger partial charge >= 0.3 is 6.03 Å². The Hall–Kier alpha value is -2.96. The van der Waals surface area contributed by atoms with Gasteiger partial charge in [-0.3, -0.25) is 19.2 Å². The van der Waals surface area contributed by atoms with Gasteiger partial charge < -0.3 is 26.2 Å². The van der Waals surface area contributed by atoms with E-state index in [2.05, 4.69) is 41.7 Å². The molecule has 4 N–H and O–H groups in total. The summed E-state index contributed by atoms with van der Waals surface area (Å²) in [6, 6.07) is -3.35. The quantitative estimate of drug-likeness (QED) is 0.145. The molecule has 0 bridgehead atoms. The summed E-state index contributed by atoms with van der Waals surface area (Å²) in [7, 11) is -3.56. The molecule has 13 heteroatoms. The molecule has 4 aliphatic rings. The number of ketones is 1. The van der Waals surface area contributed by atoms with E-state index in [1.807, 2.05) is 6.92 Å². The predicted octanol–water partition coefficient (Wildman–Crippen LogP) is 4.18. The summed E-state index contributed by atoms with van der Waals surface area (Å²) in [6.45, 7) is 15.2. The van der Waals surface area contributed by atoms with Crippen molar-refractivity contribution in [3.8, 4) is 0 Å². The van der Waals surface area contributed by atoms with Gasteiger partial charge in [0.15, 0.2) is 9.84 Å². The zero-order valence-electron chi connectivity index (χ0n) is 31.8. The minimum Gasteiger partial charge on any atom is -0.346 e. The molecule has 1 heterocycles. The van der Waals surface area contributed by atoms with E-state index in [1.165, 1.54) is 6.08 Å². The number of rotatable bonds is 15. The highest BCUT2D eigenvalue weighted by Gasteiger charge is 2.69. The lowest BCUT2D eigenvalue weighted by molar-refractivity contribution is -0.144. The van der Waals surface area contributed by atoms with Gasteiger partial charge in [-0.2, -0.15) is 0 Å². The fraction of sp³-hybridized carbons (Fsp3) is 0.816. The highest BCUT2D eigenvalue weighted by Crippen LogP contribution is 2.65. The Kier molecular flexibility index (Phi) is 13.1. The average molecular weight is 734 g/mol. The molecule has 1 unspecified atom stereocenters. The van der Waals surface area contributed by atoms with E-state index < -0.39 is 61.9 Å². The molecular weight excluding hydrogens is 671 g/mol. The van der Waals surface area contributed by atoms with E-state index in [1.54, 1.807) is 25.7 Å². The van der Waals surface area contributed by atoms with Gasteiger partial charge in [-0.1, -0.05) is 78.2 Å². The monoisotopic (exact) mass is 733 g/mol. The third kappa shape index (κ3) is 9.35. The predicted molar refractivity (Wildman–Crippen MR) is 197 cm³/mol. The maximum absolute atomic E-state index is 14.7. The van der Waals surface area contributed by atoms with Crippen molar-refractivity contribution in [2.75, 3.05) is 18.8 Å². The van der Waals surface area contributed by atoms with Gasteiger partial charge in [0.05, 0.1) is 22.1 Å². The molecule has 0 aromatic carbocycles. The van der Waals surface area contributed by atoms with Crippen molar-refractivity contribution in [3.63, 3.8) is 0 Å². The number of hydrogen-bond acceptors (Lipinski definition) is 7. The van der Waals surface area contributed by atoms with E-state index >= 15 is 0 Å². The summed E-state index contributed by atoms with van der Waals surface area (Å²) < 4.78 is 25.8. The summed E-state index contributed by atoms with van der Waals surface area (Å²) in [6.07, 6.45) is 11.2. The van der Waals surface area contributed by atoms with Crippen LogP contribution in [0.2, 0.25) is 0 Å². The second kappa shape index (κ2) is 16.4. The SMILES string of the molecule is C=CCNC(=O)C(=O)C(CCCC)NC(=O)[C@@H]1[C@@H]2[C@H](CN1C(=O)[C@@H](NC(=O)NC1(CS(=O)(=O)C(C)(C)C)CCCCC1)C1CCCCC1)C2(C)C. The minimum absolute atomic E-state index is 0.0758. The summed E-state index contributed by atoms with van der Waals surface area (Å²) >= 11 is 0. The van der Waals surface area contributed by atoms with Crippen molar-refractivity contribution in [1.82, 2.24) is 26.2 Å². The van der Waals surface area contributed by atoms with Crippen LogP contribution in [0.5, 0.6) is 0 Å². The number of fused-ring (bicyclic) bond motifs is 1. The molecule has 12 nitrogen and oxygen atoms in total. The van der Waals surface area contributed by atoms with Crippen molar-refractivity contribution >= 4 is 39.4 Å². The number of carbonyl (C=O) groups excluding carboxylic acids is 5. The number of likely N-dealkylation sites (tertiary alicyclic amines) is 1. The molecule has 288 valence electrons. The van der Waals surface area contributed by atoms with Crippen LogP contribution in [-0.4, -0.2) is 90.1 Å². The Labute approximate surface area is 305 Å². The maximum atomic E-state index is 14.7. The zero-order chi connectivity index (χ0) is 37.8. The van der Waals surface area contributed by atoms with E-state index in [9.17, 15) is 32.4 Å². The zero-order valence-corrected chi connectivity index (χ0v) is 32.6. The molecule has 51 heavy (non-hydrogen) atoms. The fourth-order valence-corrected chi connectivity index (χ4v) is 10.2. The van der Waals surface area contributed by atoms with Crippen molar-refractivity contribution in [2.24, 2.45) is 23.2 Å².